The van der Waals surface area contributed by atoms with Gasteiger partial charge in [-0.15, -0.1) is 0 Å². The Balaban J connectivity index is 1.91. The lowest BCUT2D eigenvalue weighted by molar-refractivity contribution is 0.00578. The summed E-state index contributed by atoms with van der Waals surface area (Å²) in [5.41, 5.74) is 0.626. The number of hydrogen-bond acceptors (Lipinski definition) is 3. The summed E-state index contributed by atoms with van der Waals surface area (Å²) < 4.78 is 17.4. The highest BCUT2D eigenvalue weighted by molar-refractivity contribution is 6.45. The zero-order valence-electron chi connectivity index (χ0n) is 11.8. The Morgan fingerprint density at radius 2 is 1.50 bits per heavy atom. The minimum atomic E-state index is -0.309. The molecule has 0 unspecified atom stereocenters. The van der Waals surface area contributed by atoms with E-state index in [0.717, 1.165) is 5.75 Å². The van der Waals surface area contributed by atoms with E-state index in [4.69, 9.17) is 14.0 Å². The maximum absolute atomic E-state index is 5.86. The van der Waals surface area contributed by atoms with Crippen molar-refractivity contribution in [3.63, 3.8) is 0 Å². The molecule has 0 bridgehead atoms. The van der Waals surface area contributed by atoms with E-state index in [-0.39, 0.29) is 18.3 Å². The molecule has 1 fully saturated rings. The Morgan fingerprint density at radius 1 is 1.00 bits per heavy atom. The molecule has 0 spiro atoms. The van der Waals surface area contributed by atoms with Crippen molar-refractivity contribution >= 4 is 7.12 Å². The fourth-order valence-electron chi connectivity index (χ4n) is 1.83. The van der Waals surface area contributed by atoms with Crippen molar-refractivity contribution < 1.29 is 14.0 Å². The average Bonchev–Trinajstić information content (AvgIpc) is 2.47. The van der Waals surface area contributed by atoms with Gasteiger partial charge < -0.3 is 14.0 Å². The van der Waals surface area contributed by atoms with E-state index in [2.05, 4.69) is 6.92 Å². The van der Waals surface area contributed by atoms with Crippen molar-refractivity contribution in [2.45, 2.75) is 45.8 Å². The minimum Gasteiger partial charge on any atom is -0.496 e. The van der Waals surface area contributed by atoms with Gasteiger partial charge in [-0.2, -0.15) is 0 Å². The average molecular weight is 248 g/mol. The van der Waals surface area contributed by atoms with Crippen LogP contribution in [0.25, 0.3) is 0 Å². The van der Waals surface area contributed by atoms with Crippen LogP contribution in [0.3, 0.4) is 0 Å². The third kappa shape index (κ3) is 2.70. The molecule has 3 nitrogen and oxygen atoms in total. The third-order valence-corrected chi connectivity index (χ3v) is 3.71. The lowest BCUT2D eigenvalue weighted by Crippen LogP contribution is -2.41. The van der Waals surface area contributed by atoms with Crippen LogP contribution in [0.4, 0.5) is 0 Å². The maximum atomic E-state index is 5.86. The van der Waals surface area contributed by atoms with Crippen LogP contribution in [0.5, 0.6) is 5.75 Å². The van der Waals surface area contributed by atoms with Crippen LogP contribution in [0.1, 0.15) is 33.3 Å². The van der Waals surface area contributed by atoms with E-state index in [1.165, 1.54) is 5.56 Å². The second-order valence-electron chi connectivity index (χ2n) is 5.81. The Morgan fingerprint density at radius 3 is 2.00 bits per heavy atom. The molecule has 2 rings (SSSR count). The predicted molar refractivity (Wildman–Crippen MR) is 72.8 cm³/mol. The Hall–Kier alpha value is -0.995. The summed E-state index contributed by atoms with van der Waals surface area (Å²) in [7, 11) is -0.309. The molecule has 0 amide bonds. The number of rotatable bonds is 3. The summed E-state index contributed by atoms with van der Waals surface area (Å²) in [5, 5.41) is 0. The molecule has 1 aromatic carbocycles. The SMILES string of the molecule is Cc1ccc(OCB2OC(C)(C)C(C)(C)O2)cc1. The maximum Gasteiger partial charge on any atom is 0.498 e. The van der Waals surface area contributed by atoms with E-state index in [0.29, 0.717) is 6.51 Å². The van der Waals surface area contributed by atoms with Crippen LogP contribution in [-0.4, -0.2) is 24.8 Å². The Labute approximate surface area is 110 Å². The molecule has 1 heterocycles. The van der Waals surface area contributed by atoms with E-state index < -0.39 is 0 Å². The molecule has 1 aliphatic heterocycles. The van der Waals surface area contributed by atoms with Gasteiger partial charge in [-0.25, -0.2) is 0 Å². The first kappa shape index (κ1) is 13.4. The molecular weight excluding hydrogens is 227 g/mol. The van der Waals surface area contributed by atoms with Crippen LogP contribution in [0.2, 0.25) is 0 Å². The van der Waals surface area contributed by atoms with Crippen molar-refractivity contribution in [3.8, 4) is 5.75 Å². The van der Waals surface area contributed by atoms with E-state index >= 15 is 0 Å². The molecule has 0 aromatic heterocycles. The van der Waals surface area contributed by atoms with Crippen molar-refractivity contribution in [1.82, 2.24) is 0 Å². The first-order valence-electron chi connectivity index (χ1n) is 6.35. The Bertz CT molecular complexity index is 396. The van der Waals surface area contributed by atoms with Crippen molar-refractivity contribution in [2.75, 3.05) is 6.51 Å². The highest BCUT2D eigenvalue weighted by Crippen LogP contribution is 2.36. The monoisotopic (exact) mass is 248 g/mol. The number of benzene rings is 1. The second-order valence-corrected chi connectivity index (χ2v) is 5.81. The lowest BCUT2D eigenvalue weighted by atomic mass is 9.90. The number of ether oxygens (including phenoxy) is 1. The lowest BCUT2D eigenvalue weighted by Gasteiger charge is -2.32. The van der Waals surface area contributed by atoms with Gasteiger partial charge in [0.2, 0.25) is 0 Å². The molecule has 1 aliphatic rings. The quantitative estimate of drug-likeness (QED) is 0.769. The molecule has 0 atom stereocenters. The van der Waals surface area contributed by atoms with Gasteiger partial charge >= 0.3 is 7.12 Å². The molecule has 0 saturated carbocycles. The van der Waals surface area contributed by atoms with E-state index in [1.54, 1.807) is 0 Å². The summed E-state index contributed by atoms with van der Waals surface area (Å²) in [6.45, 7) is 10.6. The fraction of sp³-hybridized carbons (Fsp3) is 0.571. The van der Waals surface area contributed by atoms with Gasteiger partial charge in [0, 0.05) is 0 Å². The molecule has 0 radical (unpaired) electrons. The standard InChI is InChI=1S/C14H21BO3/c1-11-6-8-12(9-7-11)16-10-15-17-13(2,3)14(4,5)18-15/h6-9H,10H2,1-5H3. The van der Waals surface area contributed by atoms with Gasteiger partial charge in [0.15, 0.2) is 0 Å². The van der Waals surface area contributed by atoms with E-state index in [9.17, 15) is 0 Å². The number of hydrogen-bond donors (Lipinski definition) is 0. The zero-order valence-corrected chi connectivity index (χ0v) is 11.8. The molecule has 1 aromatic rings. The molecule has 0 aliphatic carbocycles. The summed E-state index contributed by atoms with van der Waals surface area (Å²) in [6, 6.07) is 7.97. The summed E-state index contributed by atoms with van der Waals surface area (Å²) in [5.74, 6) is 0.843. The Kier molecular flexibility index (Phi) is 3.43. The van der Waals surface area contributed by atoms with Crippen LogP contribution in [0, 0.1) is 6.92 Å². The summed E-state index contributed by atoms with van der Waals surface area (Å²) >= 11 is 0. The summed E-state index contributed by atoms with van der Waals surface area (Å²) in [6.07, 6.45) is 0. The van der Waals surface area contributed by atoms with Gasteiger partial charge in [0.1, 0.15) is 12.3 Å². The van der Waals surface area contributed by atoms with Crippen LogP contribution >= 0.6 is 0 Å². The second kappa shape index (κ2) is 4.59. The smallest absolute Gasteiger partial charge is 0.496 e. The van der Waals surface area contributed by atoms with Crippen molar-refractivity contribution in [3.05, 3.63) is 29.8 Å². The third-order valence-electron chi connectivity index (χ3n) is 3.71. The molecular formula is C14H21BO3. The summed E-state index contributed by atoms with van der Waals surface area (Å²) in [4.78, 5) is 0. The predicted octanol–water partition coefficient (Wildman–Crippen LogP) is 3.01. The fourth-order valence-corrected chi connectivity index (χ4v) is 1.83. The van der Waals surface area contributed by atoms with Crippen molar-refractivity contribution in [2.24, 2.45) is 0 Å². The largest absolute Gasteiger partial charge is 0.498 e. The number of aryl methyl sites for hydroxylation is 1. The normalized spacial score (nSPS) is 21.1. The van der Waals surface area contributed by atoms with Crippen LogP contribution in [0.15, 0.2) is 24.3 Å². The van der Waals surface area contributed by atoms with Gasteiger partial charge in [-0.1, -0.05) is 17.7 Å². The van der Waals surface area contributed by atoms with Crippen LogP contribution in [-0.2, 0) is 9.31 Å². The highest BCUT2D eigenvalue weighted by Gasteiger charge is 2.51. The van der Waals surface area contributed by atoms with Crippen molar-refractivity contribution in [1.29, 1.82) is 0 Å². The topological polar surface area (TPSA) is 27.7 Å². The molecule has 18 heavy (non-hydrogen) atoms. The molecule has 98 valence electrons. The zero-order chi connectivity index (χ0) is 13.4. The van der Waals surface area contributed by atoms with E-state index in [1.807, 2.05) is 52.0 Å². The molecule has 4 heteroatoms. The molecule has 1 saturated heterocycles. The van der Waals surface area contributed by atoms with Gasteiger partial charge in [0.25, 0.3) is 0 Å². The first-order chi connectivity index (χ1) is 8.30. The van der Waals surface area contributed by atoms with Gasteiger partial charge in [0.05, 0.1) is 11.2 Å². The van der Waals surface area contributed by atoms with Gasteiger partial charge in [-0.05, 0) is 46.8 Å². The molecule has 0 N–H and O–H groups in total. The van der Waals surface area contributed by atoms with Crippen LogP contribution < -0.4 is 4.74 Å². The first-order valence-corrected chi connectivity index (χ1v) is 6.35. The minimum absolute atomic E-state index is 0.297. The highest BCUT2D eigenvalue weighted by atomic mass is 16.7. The van der Waals surface area contributed by atoms with Gasteiger partial charge in [-0.3, -0.25) is 0 Å².